The summed E-state index contributed by atoms with van der Waals surface area (Å²) in [5.74, 6) is 1.67. The topological polar surface area (TPSA) is 56.2 Å². The molecule has 1 aliphatic rings. The number of para-hydroxylation sites is 2. The van der Waals surface area contributed by atoms with Gasteiger partial charge in [-0.2, -0.15) is 0 Å². The van der Waals surface area contributed by atoms with Crippen LogP contribution >= 0.6 is 0 Å². The molecule has 1 N–H and O–H groups in total. The van der Waals surface area contributed by atoms with Crippen LogP contribution in [0.5, 0.6) is 5.75 Å². The lowest BCUT2D eigenvalue weighted by atomic mass is 10.1. The highest BCUT2D eigenvalue weighted by molar-refractivity contribution is 5.81. The second kappa shape index (κ2) is 8.05. The first-order chi connectivity index (χ1) is 13.6. The number of hydrogen-bond acceptors (Lipinski definition) is 3. The highest BCUT2D eigenvalue weighted by Crippen LogP contribution is 2.22. The highest BCUT2D eigenvalue weighted by Gasteiger charge is 2.19. The second-order valence-electron chi connectivity index (χ2n) is 7.71. The van der Waals surface area contributed by atoms with Crippen LogP contribution in [-0.4, -0.2) is 21.5 Å². The average molecular weight is 377 g/mol. The zero-order valence-electron chi connectivity index (χ0n) is 16.6. The van der Waals surface area contributed by atoms with Gasteiger partial charge in [0.15, 0.2) is 0 Å². The smallest absolute Gasteiger partial charge is 0.240 e. The lowest BCUT2D eigenvalue weighted by Gasteiger charge is -2.15. The molecule has 1 heterocycles. The van der Waals surface area contributed by atoms with Gasteiger partial charge in [0.2, 0.25) is 5.91 Å². The molecule has 1 fully saturated rings. The molecule has 1 saturated carbocycles. The molecule has 3 aromatic rings. The molecule has 0 unspecified atom stereocenters. The number of fused-ring (bicyclic) bond motifs is 1. The molecule has 0 saturated heterocycles. The van der Waals surface area contributed by atoms with Crippen molar-refractivity contribution in [2.45, 2.75) is 58.7 Å². The van der Waals surface area contributed by atoms with E-state index in [4.69, 9.17) is 9.72 Å². The number of aromatic nitrogens is 2. The van der Waals surface area contributed by atoms with E-state index in [-0.39, 0.29) is 12.5 Å². The van der Waals surface area contributed by atoms with Crippen molar-refractivity contribution >= 4 is 16.9 Å². The molecule has 1 amide bonds. The molecular formula is C23H27N3O2. The number of ether oxygens (including phenoxy) is 1. The zero-order valence-corrected chi connectivity index (χ0v) is 16.6. The first-order valence-corrected chi connectivity index (χ1v) is 10.0. The fourth-order valence-corrected chi connectivity index (χ4v) is 3.90. The summed E-state index contributed by atoms with van der Waals surface area (Å²) < 4.78 is 8.05. The van der Waals surface area contributed by atoms with Crippen molar-refractivity contribution in [1.29, 1.82) is 0 Å². The molecule has 5 nitrogen and oxygen atoms in total. The standard InChI is InChI=1S/C23H27N3O2/c1-16-11-12-17(2)21(13-16)28-15-22-25-19-9-5-6-10-20(19)26(22)14-23(27)24-18-7-3-4-8-18/h5-6,9-13,18H,3-4,7-8,14-15H2,1-2H3,(H,24,27). The number of carbonyl (C=O) groups excluding carboxylic acids is 1. The molecule has 2 aromatic carbocycles. The predicted octanol–water partition coefficient (Wildman–Crippen LogP) is 4.29. The van der Waals surface area contributed by atoms with E-state index < -0.39 is 0 Å². The zero-order chi connectivity index (χ0) is 19.5. The molecule has 0 aliphatic heterocycles. The Bertz CT molecular complexity index is 987. The van der Waals surface area contributed by atoms with Crippen LogP contribution in [0.25, 0.3) is 11.0 Å². The number of aryl methyl sites for hydroxylation is 2. The van der Waals surface area contributed by atoms with Gasteiger partial charge in [0, 0.05) is 6.04 Å². The summed E-state index contributed by atoms with van der Waals surface area (Å²) in [5.41, 5.74) is 4.09. The molecule has 4 rings (SSSR count). The summed E-state index contributed by atoms with van der Waals surface area (Å²) in [4.78, 5) is 17.4. The Morgan fingerprint density at radius 1 is 1.18 bits per heavy atom. The van der Waals surface area contributed by atoms with Gasteiger partial charge in [-0.1, -0.05) is 37.1 Å². The molecular weight excluding hydrogens is 350 g/mol. The fraction of sp³-hybridized carbons (Fsp3) is 0.391. The number of imidazole rings is 1. The lowest BCUT2D eigenvalue weighted by molar-refractivity contribution is -0.122. The van der Waals surface area contributed by atoms with E-state index in [9.17, 15) is 4.79 Å². The van der Waals surface area contributed by atoms with Crippen molar-refractivity contribution in [3.05, 3.63) is 59.4 Å². The maximum atomic E-state index is 12.6. The summed E-state index contributed by atoms with van der Waals surface area (Å²) in [6, 6.07) is 14.4. The van der Waals surface area contributed by atoms with E-state index in [2.05, 4.69) is 24.4 Å². The lowest BCUT2D eigenvalue weighted by Crippen LogP contribution is -2.35. The van der Waals surface area contributed by atoms with Gasteiger partial charge < -0.3 is 14.6 Å². The quantitative estimate of drug-likeness (QED) is 0.697. The van der Waals surface area contributed by atoms with Gasteiger partial charge in [0.1, 0.15) is 24.7 Å². The van der Waals surface area contributed by atoms with E-state index in [0.717, 1.165) is 46.6 Å². The summed E-state index contributed by atoms with van der Waals surface area (Å²) in [5, 5.41) is 3.17. The van der Waals surface area contributed by atoms with Crippen LogP contribution in [0.3, 0.4) is 0 Å². The third-order valence-corrected chi connectivity index (χ3v) is 5.46. The molecule has 0 atom stereocenters. The van der Waals surface area contributed by atoms with Crippen molar-refractivity contribution in [2.24, 2.45) is 0 Å². The van der Waals surface area contributed by atoms with Crippen molar-refractivity contribution in [3.63, 3.8) is 0 Å². The maximum Gasteiger partial charge on any atom is 0.240 e. The SMILES string of the molecule is Cc1ccc(C)c(OCc2nc3ccccc3n2CC(=O)NC2CCCC2)c1. The van der Waals surface area contributed by atoms with Crippen LogP contribution in [-0.2, 0) is 17.9 Å². The van der Waals surface area contributed by atoms with Crippen molar-refractivity contribution in [2.75, 3.05) is 0 Å². The minimum Gasteiger partial charge on any atom is -0.485 e. The van der Waals surface area contributed by atoms with E-state index in [1.807, 2.05) is 41.8 Å². The highest BCUT2D eigenvalue weighted by atomic mass is 16.5. The first kappa shape index (κ1) is 18.5. The Morgan fingerprint density at radius 3 is 2.79 bits per heavy atom. The number of hydrogen-bond donors (Lipinski definition) is 1. The molecule has 0 spiro atoms. The molecule has 5 heteroatoms. The van der Waals surface area contributed by atoms with Crippen molar-refractivity contribution in [1.82, 2.24) is 14.9 Å². The maximum absolute atomic E-state index is 12.6. The van der Waals surface area contributed by atoms with Crippen LogP contribution in [0.1, 0.15) is 42.6 Å². The number of nitrogens with zero attached hydrogens (tertiary/aromatic N) is 2. The molecule has 1 aromatic heterocycles. The van der Waals surface area contributed by atoms with Gasteiger partial charge in [-0.15, -0.1) is 0 Å². The Hall–Kier alpha value is -2.82. The number of benzene rings is 2. The van der Waals surface area contributed by atoms with Crippen molar-refractivity contribution < 1.29 is 9.53 Å². The third-order valence-electron chi connectivity index (χ3n) is 5.46. The van der Waals surface area contributed by atoms with E-state index in [1.54, 1.807) is 0 Å². The van der Waals surface area contributed by atoms with Gasteiger partial charge in [0.25, 0.3) is 0 Å². The van der Waals surface area contributed by atoms with Gasteiger partial charge in [0.05, 0.1) is 11.0 Å². The van der Waals surface area contributed by atoms with Crippen LogP contribution in [0.2, 0.25) is 0 Å². The molecule has 28 heavy (non-hydrogen) atoms. The monoisotopic (exact) mass is 377 g/mol. The van der Waals surface area contributed by atoms with E-state index in [1.165, 1.54) is 12.8 Å². The Kier molecular flexibility index (Phi) is 5.33. The van der Waals surface area contributed by atoms with Gasteiger partial charge in [-0.25, -0.2) is 4.98 Å². The molecule has 1 aliphatic carbocycles. The minimum absolute atomic E-state index is 0.0445. The molecule has 0 radical (unpaired) electrons. The van der Waals surface area contributed by atoms with Gasteiger partial charge in [-0.05, 0) is 56.0 Å². The molecule has 0 bridgehead atoms. The number of carbonyl (C=O) groups is 1. The van der Waals surface area contributed by atoms with Crippen LogP contribution < -0.4 is 10.1 Å². The average Bonchev–Trinajstić information content (AvgIpc) is 3.31. The predicted molar refractivity (Wildman–Crippen MR) is 110 cm³/mol. The second-order valence-corrected chi connectivity index (χ2v) is 7.71. The van der Waals surface area contributed by atoms with E-state index >= 15 is 0 Å². The van der Waals surface area contributed by atoms with Gasteiger partial charge >= 0.3 is 0 Å². The fourth-order valence-electron chi connectivity index (χ4n) is 3.90. The Morgan fingerprint density at radius 2 is 1.96 bits per heavy atom. The summed E-state index contributed by atoms with van der Waals surface area (Å²) in [6.45, 7) is 4.68. The minimum atomic E-state index is 0.0445. The number of nitrogens with one attached hydrogen (secondary N) is 1. The largest absolute Gasteiger partial charge is 0.485 e. The summed E-state index contributed by atoms with van der Waals surface area (Å²) in [6.07, 6.45) is 4.57. The van der Waals surface area contributed by atoms with Gasteiger partial charge in [-0.3, -0.25) is 4.79 Å². The van der Waals surface area contributed by atoms with E-state index in [0.29, 0.717) is 12.6 Å². The summed E-state index contributed by atoms with van der Waals surface area (Å²) in [7, 11) is 0. The summed E-state index contributed by atoms with van der Waals surface area (Å²) >= 11 is 0. The third kappa shape index (κ3) is 4.03. The number of rotatable bonds is 6. The number of amides is 1. The molecule has 146 valence electrons. The first-order valence-electron chi connectivity index (χ1n) is 10.0. The van der Waals surface area contributed by atoms with Crippen LogP contribution in [0, 0.1) is 13.8 Å². The van der Waals surface area contributed by atoms with Crippen LogP contribution in [0.15, 0.2) is 42.5 Å². The van der Waals surface area contributed by atoms with Crippen LogP contribution in [0.4, 0.5) is 0 Å². The normalized spacial score (nSPS) is 14.5. The Balaban J connectivity index is 1.56. The Labute approximate surface area is 165 Å². The van der Waals surface area contributed by atoms with Crippen molar-refractivity contribution in [3.8, 4) is 5.75 Å².